The molecule has 1 saturated heterocycles. The summed E-state index contributed by atoms with van der Waals surface area (Å²) in [7, 11) is 1.58. The van der Waals surface area contributed by atoms with E-state index in [0.29, 0.717) is 36.1 Å². The van der Waals surface area contributed by atoms with Crippen molar-refractivity contribution in [2.24, 2.45) is 17.8 Å². The highest BCUT2D eigenvalue weighted by Crippen LogP contribution is 2.37. The second kappa shape index (κ2) is 13.6. The molecule has 2 fully saturated rings. The van der Waals surface area contributed by atoms with Crippen molar-refractivity contribution in [3.8, 4) is 5.75 Å². The van der Waals surface area contributed by atoms with E-state index in [0.717, 1.165) is 31.2 Å². The number of hydrogen-bond acceptors (Lipinski definition) is 8. The Morgan fingerprint density at radius 1 is 1.12 bits per heavy atom. The zero-order valence-electron chi connectivity index (χ0n) is 24.6. The number of rotatable bonds is 16. The van der Waals surface area contributed by atoms with E-state index in [2.05, 4.69) is 10.5 Å². The fourth-order valence-corrected chi connectivity index (χ4v) is 5.76. The van der Waals surface area contributed by atoms with Crippen molar-refractivity contribution in [3.63, 3.8) is 0 Å². The monoisotopic (exact) mass is 566 g/mol. The molecule has 9 nitrogen and oxygen atoms in total. The quantitative estimate of drug-likeness (QED) is 0.297. The smallest absolute Gasteiger partial charge is 0.223 e. The number of aryl methyl sites for hydroxylation is 1. The summed E-state index contributed by atoms with van der Waals surface area (Å²) < 4.78 is 15.8. The summed E-state index contributed by atoms with van der Waals surface area (Å²) in [6.45, 7) is 5.62. The van der Waals surface area contributed by atoms with E-state index in [-0.39, 0.29) is 48.9 Å². The van der Waals surface area contributed by atoms with Crippen LogP contribution in [0.25, 0.3) is 0 Å². The molecule has 1 aromatic heterocycles. The molecule has 0 unspecified atom stereocenters. The van der Waals surface area contributed by atoms with Crippen molar-refractivity contribution in [2.75, 3.05) is 13.7 Å². The van der Waals surface area contributed by atoms with Crippen LogP contribution in [0.5, 0.6) is 5.75 Å². The lowest BCUT2D eigenvalue weighted by Gasteiger charge is -2.25. The van der Waals surface area contributed by atoms with Crippen LogP contribution in [0.4, 0.5) is 0 Å². The van der Waals surface area contributed by atoms with Crippen molar-refractivity contribution < 1.29 is 33.2 Å². The van der Waals surface area contributed by atoms with Crippen LogP contribution in [0, 0.1) is 24.7 Å². The van der Waals surface area contributed by atoms with Crippen LogP contribution < -0.4 is 10.1 Å². The molecule has 0 spiro atoms. The van der Waals surface area contributed by atoms with Gasteiger partial charge in [0.05, 0.1) is 31.9 Å². The fraction of sp³-hybridized carbons (Fsp3) is 0.594. The summed E-state index contributed by atoms with van der Waals surface area (Å²) >= 11 is 0. The average Bonchev–Trinajstić information content (AvgIpc) is 3.28. The average molecular weight is 567 g/mol. The lowest BCUT2D eigenvalue weighted by molar-refractivity contribution is -0.134. The molecule has 1 amide bonds. The first-order chi connectivity index (χ1) is 19.6. The van der Waals surface area contributed by atoms with Crippen LogP contribution in [-0.2, 0) is 36.8 Å². The van der Waals surface area contributed by atoms with Gasteiger partial charge in [0.25, 0.3) is 0 Å². The molecule has 1 aliphatic heterocycles. The Morgan fingerprint density at radius 3 is 2.39 bits per heavy atom. The maximum absolute atomic E-state index is 13.8. The predicted octanol–water partition coefficient (Wildman–Crippen LogP) is 4.37. The van der Waals surface area contributed by atoms with Crippen LogP contribution in [0.1, 0.15) is 75.8 Å². The highest BCUT2D eigenvalue weighted by atomic mass is 16.6. The predicted molar refractivity (Wildman–Crippen MR) is 151 cm³/mol. The standard InChI is InChI=1S/C32H42N2O7/c1-20(13-25(35)18-27-14-21(2)34-41-27)31(38)33-28(16-23-9-11-26(39-4)12-10-23)29(36)17-24(15-22-7-5-6-8-22)30(37)32(3)19-40-32/h9-12,14,20,22,24,28H,5-8,13,15-19H2,1-4H3,(H,33,38)/t20-,24+,28-,32+/m0/s1. The van der Waals surface area contributed by atoms with Crippen LogP contribution >= 0.6 is 0 Å². The number of ether oxygens (including phenoxy) is 2. The number of benzene rings is 1. The largest absolute Gasteiger partial charge is 0.497 e. The van der Waals surface area contributed by atoms with Crippen LogP contribution in [0.2, 0.25) is 0 Å². The minimum atomic E-state index is -0.836. The second-order valence-corrected chi connectivity index (χ2v) is 12.0. The Hall–Kier alpha value is -3.33. The van der Waals surface area contributed by atoms with Gasteiger partial charge < -0.3 is 19.3 Å². The maximum Gasteiger partial charge on any atom is 0.223 e. The van der Waals surface area contributed by atoms with Gasteiger partial charge in [0, 0.05) is 30.7 Å². The SMILES string of the molecule is COc1ccc(C[C@H](NC(=O)[C@@H](C)CC(=O)Cc2cc(C)no2)C(=O)C[C@@H](CC2CCCC2)C(=O)[C@@]2(C)CO2)cc1. The van der Waals surface area contributed by atoms with Gasteiger partial charge in [-0.05, 0) is 50.3 Å². The molecule has 0 bridgehead atoms. The number of carbonyl (C=O) groups is 4. The van der Waals surface area contributed by atoms with Gasteiger partial charge in [-0.2, -0.15) is 0 Å². The normalized spacial score (nSPS) is 20.7. The van der Waals surface area contributed by atoms with Crippen molar-refractivity contribution >= 4 is 23.3 Å². The van der Waals surface area contributed by atoms with Crippen molar-refractivity contribution in [1.82, 2.24) is 10.5 Å². The fourth-order valence-electron chi connectivity index (χ4n) is 5.76. The van der Waals surface area contributed by atoms with E-state index < -0.39 is 23.5 Å². The number of nitrogens with zero attached hydrogens (tertiary/aromatic N) is 1. The first kappa shape index (κ1) is 30.6. The lowest BCUT2D eigenvalue weighted by Crippen LogP contribution is -2.46. The van der Waals surface area contributed by atoms with Gasteiger partial charge in [-0.1, -0.05) is 49.9 Å². The van der Waals surface area contributed by atoms with Crippen molar-refractivity contribution in [3.05, 3.63) is 47.3 Å². The summed E-state index contributed by atoms with van der Waals surface area (Å²) in [4.78, 5) is 53.0. The molecular formula is C32H42N2O7. The Morgan fingerprint density at radius 2 is 1.80 bits per heavy atom. The molecule has 0 radical (unpaired) electrons. The number of Topliss-reactive ketones (excluding diaryl/α,β-unsaturated/α-hetero) is 3. The zero-order valence-corrected chi connectivity index (χ0v) is 24.6. The molecule has 4 rings (SSSR count). The van der Waals surface area contributed by atoms with Gasteiger partial charge in [-0.15, -0.1) is 0 Å². The second-order valence-electron chi connectivity index (χ2n) is 12.0. The van der Waals surface area contributed by atoms with E-state index >= 15 is 0 Å². The number of hydrogen-bond donors (Lipinski definition) is 1. The number of nitrogens with one attached hydrogen (secondary N) is 1. The lowest BCUT2D eigenvalue weighted by atomic mass is 9.81. The number of ketones is 3. The third-order valence-corrected chi connectivity index (χ3v) is 8.34. The molecule has 41 heavy (non-hydrogen) atoms. The Bertz CT molecular complexity index is 1220. The Labute approximate surface area is 241 Å². The highest BCUT2D eigenvalue weighted by molar-refractivity contribution is 5.97. The number of aromatic nitrogens is 1. The number of carbonyl (C=O) groups excluding carboxylic acids is 4. The maximum atomic E-state index is 13.8. The Balaban J connectivity index is 1.45. The molecule has 2 heterocycles. The van der Waals surface area contributed by atoms with Gasteiger partial charge in [-0.25, -0.2) is 0 Å². The summed E-state index contributed by atoms with van der Waals surface area (Å²) in [5, 5.41) is 6.71. The number of methoxy groups -OCH3 is 1. The van der Waals surface area contributed by atoms with Crippen molar-refractivity contribution in [2.45, 2.75) is 90.2 Å². The van der Waals surface area contributed by atoms with E-state index in [1.165, 1.54) is 0 Å². The molecule has 4 atom stereocenters. The molecule has 1 aliphatic carbocycles. The van der Waals surface area contributed by atoms with Gasteiger partial charge in [0.1, 0.15) is 22.9 Å². The van der Waals surface area contributed by atoms with Gasteiger partial charge in [0.15, 0.2) is 11.6 Å². The third kappa shape index (κ3) is 8.58. The zero-order chi connectivity index (χ0) is 29.6. The van der Waals surface area contributed by atoms with Gasteiger partial charge in [-0.3, -0.25) is 19.2 Å². The molecular weight excluding hydrogens is 524 g/mol. The molecule has 2 aromatic rings. The Kier molecular flexibility index (Phi) is 10.1. The molecule has 1 N–H and O–H groups in total. The number of amides is 1. The van der Waals surface area contributed by atoms with Crippen LogP contribution in [-0.4, -0.2) is 53.8 Å². The summed E-state index contributed by atoms with van der Waals surface area (Å²) in [5.41, 5.74) is 0.727. The van der Waals surface area contributed by atoms with E-state index in [1.807, 2.05) is 24.3 Å². The topological polar surface area (TPSA) is 128 Å². The first-order valence-electron chi connectivity index (χ1n) is 14.6. The molecule has 1 aromatic carbocycles. The first-order valence-corrected chi connectivity index (χ1v) is 14.6. The third-order valence-electron chi connectivity index (χ3n) is 8.34. The molecule has 9 heteroatoms. The summed E-state index contributed by atoms with van der Waals surface area (Å²) in [5.74, 6) is -0.261. The van der Waals surface area contributed by atoms with E-state index in [4.69, 9.17) is 14.0 Å². The van der Waals surface area contributed by atoms with Gasteiger partial charge >= 0.3 is 0 Å². The van der Waals surface area contributed by atoms with E-state index in [1.54, 1.807) is 33.9 Å². The highest BCUT2D eigenvalue weighted by Gasteiger charge is 2.50. The van der Waals surface area contributed by atoms with E-state index in [9.17, 15) is 19.2 Å². The number of epoxide rings is 1. The molecule has 2 aliphatic rings. The van der Waals surface area contributed by atoms with Gasteiger partial charge in [0.2, 0.25) is 5.91 Å². The molecule has 222 valence electrons. The summed E-state index contributed by atoms with van der Waals surface area (Å²) in [6, 6.07) is 8.20. The minimum Gasteiger partial charge on any atom is -0.497 e. The minimum absolute atomic E-state index is 0.00745. The van der Waals surface area contributed by atoms with Crippen molar-refractivity contribution in [1.29, 1.82) is 0 Å². The van der Waals surface area contributed by atoms with Crippen LogP contribution in [0.3, 0.4) is 0 Å². The van der Waals surface area contributed by atoms with Crippen LogP contribution in [0.15, 0.2) is 34.9 Å². The summed E-state index contributed by atoms with van der Waals surface area (Å²) in [6.07, 6.45) is 5.48. The molecule has 1 saturated carbocycles.